The molecule has 1 atom stereocenters. The average molecular weight is 418 g/mol. The third-order valence-corrected chi connectivity index (χ3v) is 6.90. The van der Waals surface area contributed by atoms with Crippen LogP contribution in [0.1, 0.15) is 30.0 Å². The Labute approximate surface area is 174 Å². The molecule has 1 N–H and O–H groups in total. The van der Waals surface area contributed by atoms with Crippen LogP contribution in [0.4, 0.5) is 5.69 Å². The molecule has 0 unspecified atom stereocenters. The summed E-state index contributed by atoms with van der Waals surface area (Å²) in [7, 11) is 1.82. The molecule has 0 aliphatic carbocycles. The highest BCUT2D eigenvalue weighted by molar-refractivity contribution is 7.89. The SMILES string of the molecule is COc1ccc(C)cc1S(=O)(=O)NC[C@@H](c1ccc(N(C)C)cc1)N1CCCC1. The van der Waals surface area contributed by atoms with Gasteiger partial charge in [0.25, 0.3) is 0 Å². The van der Waals surface area contributed by atoms with Crippen LogP contribution in [0.3, 0.4) is 0 Å². The van der Waals surface area contributed by atoms with Gasteiger partial charge in [0.2, 0.25) is 10.0 Å². The normalized spacial score (nSPS) is 16.0. The van der Waals surface area contributed by atoms with Crippen LogP contribution < -0.4 is 14.4 Å². The summed E-state index contributed by atoms with van der Waals surface area (Å²) in [5.74, 6) is 0.358. The third kappa shape index (κ3) is 5.10. The van der Waals surface area contributed by atoms with E-state index in [-0.39, 0.29) is 10.9 Å². The Balaban J connectivity index is 1.84. The highest BCUT2D eigenvalue weighted by atomic mass is 32.2. The Kier molecular flexibility index (Phi) is 6.82. The summed E-state index contributed by atoms with van der Waals surface area (Å²) in [6, 6.07) is 13.5. The van der Waals surface area contributed by atoms with E-state index in [0.717, 1.165) is 42.7 Å². The lowest BCUT2D eigenvalue weighted by atomic mass is 10.1. The van der Waals surface area contributed by atoms with E-state index in [4.69, 9.17) is 4.74 Å². The van der Waals surface area contributed by atoms with Gasteiger partial charge in [-0.15, -0.1) is 0 Å². The second-order valence-corrected chi connectivity index (χ2v) is 9.49. The molecule has 0 bridgehead atoms. The molecule has 1 saturated heterocycles. The van der Waals surface area contributed by atoms with E-state index in [1.807, 2.05) is 27.1 Å². The zero-order valence-corrected chi connectivity index (χ0v) is 18.5. The molecule has 0 aromatic heterocycles. The number of hydrogen-bond acceptors (Lipinski definition) is 5. The number of ether oxygens (including phenoxy) is 1. The van der Waals surface area contributed by atoms with Crippen molar-refractivity contribution in [3.8, 4) is 5.75 Å². The van der Waals surface area contributed by atoms with Gasteiger partial charge in [0.05, 0.1) is 7.11 Å². The summed E-state index contributed by atoms with van der Waals surface area (Å²) in [4.78, 5) is 4.60. The predicted molar refractivity (Wildman–Crippen MR) is 117 cm³/mol. The lowest BCUT2D eigenvalue weighted by Gasteiger charge is -2.28. The molecule has 1 aliphatic heterocycles. The number of nitrogens with one attached hydrogen (secondary N) is 1. The smallest absolute Gasteiger partial charge is 0.244 e. The maximum Gasteiger partial charge on any atom is 0.244 e. The minimum absolute atomic E-state index is 0.000656. The lowest BCUT2D eigenvalue weighted by molar-refractivity contribution is 0.246. The van der Waals surface area contributed by atoms with E-state index in [1.165, 1.54) is 7.11 Å². The van der Waals surface area contributed by atoms with Gasteiger partial charge >= 0.3 is 0 Å². The van der Waals surface area contributed by atoms with E-state index < -0.39 is 10.0 Å². The van der Waals surface area contributed by atoms with Crippen LogP contribution in [0.2, 0.25) is 0 Å². The van der Waals surface area contributed by atoms with Crippen LogP contribution in [0, 0.1) is 6.92 Å². The maximum atomic E-state index is 13.0. The third-order valence-electron chi connectivity index (χ3n) is 5.45. The van der Waals surface area contributed by atoms with Crippen LogP contribution in [0.15, 0.2) is 47.4 Å². The summed E-state index contributed by atoms with van der Waals surface area (Å²) in [6.45, 7) is 4.16. The van der Waals surface area contributed by atoms with Gasteiger partial charge in [-0.2, -0.15) is 0 Å². The molecule has 158 valence electrons. The van der Waals surface area contributed by atoms with E-state index in [1.54, 1.807) is 12.1 Å². The van der Waals surface area contributed by atoms with Crippen molar-refractivity contribution in [2.75, 3.05) is 45.7 Å². The van der Waals surface area contributed by atoms with Crippen molar-refractivity contribution in [3.63, 3.8) is 0 Å². The topological polar surface area (TPSA) is 61.9 Å². The van der Waals surface area contributed by atoms with Gasteiger partial charge in [-0.3, -0.25) is 4.90 Å². The van der Waals surface area contributed by atoms with Crippen LogP contribution in [-0.2, 0) is 10.0 Å². The number of rotatable bonds is 8. The Morgan fingerprint density at radius 1 is 1.10 bits per heavy atom. The first kappa shape index (κ1) is 21.6. The van der Waals surface area contributed by atoms with Crippen molar-refractivity contribution < 1.29 is 13.2 Å². The molecule has 0 amide bonds. The summed E-state index contributed by atoms with van der Waals surface area (Å²) < 4.78 is 34.2. The second-order valence-electron chi connectivity index (χ2n) is 7.75. The van der Waals surface area contributed by atoms with Crippen molar-refractivity contribution in [1.82, 2.24) is 9.62 Å². The van der Waals surface area contributed by atoms with Crippen molar-refractivity contribution in [1.29, 1.82) is 0 Å². The molecule has 2 aromatic carbocycles. The van der Waals surface area contributed by atoms with Gasteiger partial charge in [0.1, 0.15) is 10.6 Å². The van der Waals surface area contributed by atoms with Crippen LogP contribution >= 0.6 is 0 Å². The molecule has 1 fully saturated rings. The largest absolute Gasteiger partial charge is 0.495 e. The molecular weight excluding hydrogens is 386 g/mol. The van der Waals surface area contributed by atoms with Crippen molar-refractivity contribution in [2.45, 2.75) is 30.7 Å². The fourth-order valence-electron chi connectivity index (χ4n) is 3.77. The first-order valence-corrected chi connectivity index (χ1v) is 11.5. The molecule has 29 heavy (non-hydrogen) atoms. The van der Waals surface area contributed by atoms with Gasteiger partial charge in [-0.05, 0) is 68.2 Å². The average Bonchev–Trinajstić information content (AvgIpc) is 3.23. The molecule has 7 heteroatoms. The van der Waals surface area contributed by atoms with Crippen LogP contribution in [-0.4, -0.2) is 54.2 Å². The molecule has 1 aliphatic rings. The van der Waals surface area contributed by atoms with Gasteiger partial charge < -0.3 is 9.64 Å². The zero-order chi connectivity index (χ0) is 21.0. The zero-order valence-electron chi connectivity index (χ0n) is 17.7. The monoisotopic (exact) mass is 417 g/mol. The molecule has 0 radical (unpaired) electrons. The number of nitrogens with zero attached hydrogens (tertiary/aromatic N) is 2. The van der Waals surface area contributed by atoms with Gasteiger partial charge in [0, 0.05) is 32.4 Å². The lowest BCUT2D eigenvalue weighted by Crippen LogP contribution is -2.37. The number of anilines is 1. The van der Waals surface area contributed by atoms with Crippen LogP contribution in [0.25, 0.3) is 0 Å². The van der Waals surface area contributed by atoms with Gasteiger partial charge in [-0.1, -0.05) is 18.2 Å². The first-order valence-electron chi connectivity index (χ1n) is 9.97. The van der Waals surface area contributed by atoms with Gasteiger partial charge in [0.15, 0.2) is 0 Å². The molecule has 3 rings (SSSR count). The van der Waals surface area contributed by atoms with Crippen molar-refractivity contribution in [2.24, 2.45) is 0 Å². The van der Waals surface area contributed by atoms with Crippen molar-refractivity contribution >= 4 is 15.7 Å². The Bertz CT molecular complexity index is 921. The molecule has 0 saturated carbocycles. The number of aryl methyl sites for hydroxylation is 1. The second kappa shape index (κ2) is 9.15. The highest BCUT2D eigenvalue weighted by Gasteiger charge is 2.27. The number of likely N-dealkylation sites (tertiary alicyclic amines) is 1. The minimum atomic E-state index is -3.69. The minimum Gasteiger partial charge on any atom is -0.495 e. The fourth-order valence-corrected chi connectivity index (χ4v) is 5.06. The summed E-state index contributed by atoms with van der Waals surface area (Å²) in [5, 5.41) is 0. The number of sulfonamides is 1. The van der Waals surface area contributed by atoms with Gasteiger partial charge in [-0.25, -0.2) is 13.1 Å². The van der Waals surface area contributed by atoms with E-state index in [0.29, 0.717) is 12.3 Å². The number of benzene rings is 2. The summed E-state index contributed by atoms with van der Waals surface area (Å²) in [6.07, 6.45) is 2.29. The van der Waals surface area contributed by atoms with Crippen LogP contribution in [0.5, 0.6) is 5.75 Å². The number of hydrogen-bond donors (Lipinski definition) is 1. The summed E-state index contributed by atoms with van der Waals surface area (Å²) >= 11 is 0. The molecular formula is C22H31N3O3S. The Morgan fingerprint density at radius 2 is 1.76 bits per heavy atom. The van der Waals surface area contributed by atoms with E-state index >= 15 is 0 Å². The quantitative estimate of drug-likeness (QED) is 0.715. The molecule has 2 aromatic rings. The first-order chi connectivity index (χ1) is 13.8. The van der Waals surface area contributed by atoms with E-state index in [2.05, 4.69) is 38.8 Å². The molecule has 6 nitrogen and oxygen atoms in total. The predicted octanol–water partition coefficient (Wildman–Crippen LogP) is 3.19. The maximum absolute atomic E-state index is 13.0. The Morgan fingerprint density at radius 3 is 2.34 bits per heavy atom. The van der Waals surface area contributed by atoms with Crippen molar-refractivity contribution in [3.05, 3.63) is 53.6 Å². The molecule has 0 spiro atoms. The number of methoxy groups -OCH3 is 1. The van der Waals surface area contributed by atoms with E-state index in [9.17, 15) is 8.42 Å². The summed E-state index contributed by atoms with van der Waals surface area (Å²) in [5.41, 5.74) is 3.12. The molecule has 1 heterocycles. The highest BCUT2D eigenvalue weighted by Crippen LogP contribution is 2.28. The Hall–Kier alpha value is -2.09. The standard InChI is InChI=1S/C22H31N3O3S/c1-17-7-12-21(28-4)22(15-17)29(26,27)23-16-20(25-13-5-6-14-25)18-8-10-19(11-9-18)24(2)3/h7-12,15,20,23H,5-6,13-14,16H2,1-4H3/t20-/m0/s1. The fraction of sp³-hybridized carbons (Fsp3) is 0.455.